The average Bonchev–Trinajstić information content (AvgIpc) is 1.71. The fraction of sp³-hybridized carbons (Fsp3) is 0.557. The summed E-state index contributed by atoms with van der Waals surface area (Å²) in [7, 11) is 2.52. The van der Waals surface area contributed by atoms with Crippen LogP contribution in [0.3, 0.4) is 0 Å². The smallest absolute Gasteiger partial charge is 0.338 e. The molecule has 0 saturated carbocycles. The highest BCUT2D eigenvalue weighted by molar-refractivity contribution is 5.90. The van der Waals surface area contributed by atoms with Crippen molar-refractivity contribution in [1.82, 2.24) is 0 Å². The standard InChI is InChI=1S/C61H76O34/c1-26-42(69)46(73)49(76)57(85-26)86-33-16-12-30(20-35(33)81-5)14-18-41(68)90-52-39(24-83-28(3)65)89-60(54(92-58-50(77)47(74)43(70)36(21-62)87-58)53(52)91-59-51(78)48(75)44(71)38(88-59)23-82-27(2)64)95-61(25-84-40(67)17-13-29-11-15-32(66)34(19-29)80-4)55(45(72)37(22-63)94-61)93-56(79)31-9-7-6-8-10-31/h6-20,26,36-39,42-55,57-60,62-63,66,69-78H,21-25H2,1-5H3/t26-,36+,37+,38+,39+,42-,43+,44+,45+,46+,47-,48-,49+,50+,51+,52+,53-,54+,55-,57+,58-,59-,60+,61-/m0/s1. The van der Waals surface area contributed by atoms with Crippen LogP contribution in [0, 0.1) is 0 Å². The average molecular weight is 1350 g/mol. The Balaban J connectivity index is 1.25. The van der Waals surface area contributed by atoms with Crippen LogP contribution in [0.1, 0.15) is 42.3 Å². The van der Waals surface area contributed by atoms with E-state index < -0.39 is 210 Å². The van der Waals surface area contributed by atoms with Crippen molar-refractivity contribution in [2.24, 2.45) is 0 Å². The lowest BCUT2D eigenvalue weighted by atomic mass is 9.95. The van der Waals surface area contributed by atoms with Crippen molar-refractivity contribution in [1.29, 1.82) is 0 Å². The van der Waals surface area contributed by atoms with E-state index in [9.17, 15) is 90.4 Å². The first kappa shape index (κ1) is 73.7. The van der Waals surface area contributed by atoms with Crippen LogP contribution in [-0.4, -0.2) is 290 Å². The molecule has 8 rings (SSSR count). The second-order valence-corrected chi connectivity index (χ2v) is 22.3. The van der Waals surface area contributed by atoms with E-state index in [1.54, 1.807) is 6.07 Å². The van der Waals surface area contributed by atoms with Gasteiger partial charge in [0.05, 0.1) is 39.1 Å². The minimum absolute atomic E-state index is 0.0141. The minimum atomic E-state index is -2.99. The number of benzene rings is 3. The SMILES string of the molecule is COc1cc(C=CC(=O)OC[C@@]2(O[C@H]3O[C@H](COC(C)=O)[C@@H](OC(=O)C=Cc4ccc(O[C@H]5O[C@@H](C)[C@H](O)[C@@H](O)[C@H]5O)c(OC)c4)[C@H](O[C@@H]4O[C@H](COC(C)=O)[C@@H](O)[C@H](O)[C@H]4O)[C@H]3O[C@@H]3O[C@H](CO)[C@@H](O)[C@H](O)[C@H]3O)O[C@H](CO)[C@@H](O)[C@@H]2OC(=O)c2ccccc2)ccc1O. The van der Waals surface area contributed by atoms with Gasteiger partial charge in [0.1, 0.15) is 117 Å². The number of hydrogen-bond acceptors (Lipinski definition) is 34. The number of rotatable bonds is 25. The number of carbonyl (C=O) groups excluding carboxylic acids is 5. The number of phenols is 1. The van der Waals surface area contributed by atoms with Crippen LogP contribution in [0.5, 0.6) is 23.0 Å². The Morgan fingerprint density at radius 2 is 1.05 bits per heavy atom. The molecule has 0 bridgehead atoms. The maximum Gasteiger partial charge on any atom is 0.338 e. The topological polar surface area (TPSA) is 496 Å². The normalized spacial score (nSPS) is 35.7. The van der Waals surface area contributed by atoms with Gasteiger partial charge in [0.2, 0.25) is 12.1 Å². The summed E-state index contributed by atoms with van der Waals surface area (Å²) in [6.07, 6.45) is -42.1. The van der Waals surface area contributed by atoms with Gasteiger partial charge in [-0.3, -0.25) is 9.59 Å². The monoisotopic (exact) mass is 1350 g/mol. The largest absolute Gasteiger partial charge is 0.504 e. The molecule has 0 aromatic heterocycles. The Hall–Kier alpha value is -7.11. The van der Waals surface area contributed by atoms with E-state index in [2.05, 4.69) is 0 Å². The molecule has 3 aromatic rings. The molecule has 34 heteroatoms. The zero-order valence-electron chi connectivity index (χ0n) is 51.4. The molecule has 0 amide bonds. The molecule has 3 aromatic carbocycles. The highest BCUT2D eigenvalue weighted by atomic mass is 16.8. The summed E-state index contributed by atoms with van der Waals surface area (Å²) in [6, 6.07) is 15.1. The third kappa shape index (κ3) is 17.5. The Kier molecular flexibility index (Phi) is 25.4. The quantitative estimate of drug-likeness (QED) is 0.0217. The van der Waals surface area contributed by atoms with Crippen LogP contribution < -0.4 is 14.2 Å². The summed E-state index contributed by atoms with van der Waals surface area (Å²) in [5.74, 6) is -8.94. The highest BCUT2D eigenvalue weighted by Crippen LogP contribution is 2.43. The second kappa shape index (κ2) is 32.8. The van der Waals surface area contributed by atoms with Gasteiger partial charge >= 0.3 is 29.8 Å². The van der Waals surface area contributed by atoms with Crippen molar-refractivity contribution in [2.45, 2.75) is 168 Å². The highest BCUT2D eigenvalue weighted by Gasteiger charge is 2.64. The predicted octanol–water partition coefficient (Wildman–Crippen LogP) is -4.28. The molecule has 0 radical (unpaired) electrons. The molecule has 524 valence electrons. The predicted molar refractivity (Wildman–Crippen MR) is 309 cm³/mol. The van der Waals surface area contributed by atoms with Crippen molar-refractivity contribution in [2.75, 3.05) is 47.3 Å². The molecule has 5 aliphatic rings. The van der Waals surface area contributed by atoms with E-state index in [4.69, 9.17) is 75.8 Å². The number of ether oxygens (including phenoxy) is 16. The van der Waals surface area contributed by atoms with Gasteiger partial charge in [-0.2, -0.15) is 0 Å². The molecule has 13 N–H and O–H groups in total. The Bertz CT molecular complexity index is 3130. The Labute approximate surface area is 540 Å². The number of phenolic OH excluding ortho intramolecular Hbond substituents is 1. The summed E-state index contributed by atoms with van der Waals surface area (Å²) in [5.41, 5.74) is 0.316. The molecule has 0 spiro atoms. The van der Waals surface area contributed by atoms with Crippen LogP contribution in [0.15, 0.2) is 78.9 Å². The number of esters is 5. The van der Waals surface area contributed by atoms with Gasteiger partial charge in [0.15, 0.2) is 54.1 Å². The van der Waals surface area contributed by atoms with Crippen LogP contribution in [0.25, 0.3) is 12.2 Å². The van der Waals surface area contributed by atoms with Gasteiger partial charge in [-0.1, -0.05) is 30.3 Å². The minimum Gasteiger partial charge on any atom is -0.504 e. The maximum absolute atomic E-state index is 14.5. The lowest BCUT2D eigenvalue weighted by Gasteiger charge is -2.50. The van der Waals surface area contributed by atoms with E-state index in [1.807, 2.05) is 0 Å². The molecular formula is C61H76O34. The molecule has 5 aliphatic heterocycles. The summed E-state index contributed by atoms with van der Waals surface area (Å²) >= 11 is 0. The van der Waals surface area contributed by atoms with Crippen LogP contribution in [0.2, 0.25) is 0 Å². The van der Waals surface area contributed by atoms with Crippen LogP contribution in [0.4, 0.5) is 0 Å². The van der Waals surface area contributed by atoms with E-state index in [0.717, 1.165) is 26.0 Å². The summed E-state index contributed by atoms with van der Waals surface area (Å²) in [5, 5.41) is 142. The molecule has 0 aliphatic carbocycles. The van der Waals surface area contributed by atoms with Gasteiger partial charge in [-0.05, 0) is 66.6 Å². The molecule has 5 fully saturated rings. The number of aliphatic hydroxyl groups excluding tert-OH is 12. The molecule has 0 unspecified atom stereocenters. The number of aliphatic hydroxyl groups is 12. The zero-order chi connectivity index (χ0) is 69.2. The molecule has 24 atom stereocenters. The van der Waals surface area contributed by atoms with Crippen LogP contribution >= 0.6 is 0 Å². The number of aromatic hydroxyl groups is 1. The molecule has 5 saturated heterocycles. The van der Waals surface area contributed by atoms with Gasteiger partial charge in [0.25, 0.3) is 0 Å². The van der Waals surface area contributed by atoms with Gasteiger partial charge in [-0.15, -0.1) is 0 Å². The fourth-order valence-corrected chi connectivity index (χ4v) is 10.6. The first-order valence-electron chi connectivity index (χ1n) is 29.5. The summed E-state index contributed by atoms with van der Waals surface area (Å²) in [4.78, 5) is 67.3. The molecule has 95 heavy (non-hydrogen) atoms. The van der Waals surface area contributed by atoms with Crippen molar-refractivity contribution >= 4 is 42.0 Å². The van der Waals surface area contributed by atoms with E-state index in [-0.39, 0.29) is 39.7 Å². The van der Waals surface area contributed by atoms with Crippen LogP contribution in [-0.2, 0) is 80.8 Å². The van der Waals surface area contributed by atoms with Gasteiger partial charge in [-0.25, -0.2) is 14.4 Å². The summed E-state index contributed by atoms with van der Waals surface area (Å²) in [6.45, 7) is -1.85. The van der Waals surface area contributed by atoms with Gasteiger partial charge in [0, 0.05) is 26.0 Å². The van der Waals surface area contributed by atoms with E-state index in [1.165, 1.54) is 94.0 Å². The Morgan fingerprint density at radius 1 is 0.516 bits per heavy atom. The van der Waals surface area contributed by atoms with E-state index >= 15 is 0 Å². The third-order valence-electron chi connectivity index (χ3n) is 15.7. The first-order chi connectivity index (χ1) is 45.2. The second-order valence-electron chi connectivity index (χ2n) is 22.3. The zero-order valence-corrected chi connectivity index (χ0v) is 51.4. The number of hydrogen-bond donors (Lipinski definition) is 13. The molecule has 34 nitrogen and oxygen atoms in total. The Morgan fingerprint density at radius 3 is 1.66 bits per heavy atom. The molecule has 5 heterocycles. The lowest BCUT2D eigenvalue weighted by molar-refractivity contribution is -0.421. The van der Waals surface area contributed by atoms with E-state index in [0.29, 0.717) is 0 Å². The lowest BCUT2D eigenvalue weighted by Crippen LogP contribution is -2.69. The first-order valence-corrected chi connectivity index (χ1v) is 29.5. The third-order valence-corrected chi connectivity index (χ3v) is 15.7. The maximum atomic E-state index is 14.5. The van der Waals surface area contributed by atoms with Crippen molar-refractivity contribution in [3.63, 3.8) is 0 Å². The van der Waals surface area contributed by atoms with Gasteiger partial charge < -0.3 is 142 Å². The molecular weight excluding hydrogens is 1280 g/mol. The van der Waals surface area contributed by atoms with Crippen molar-refractivity contribution < 1.29 is 166 Å². The fourth-order valence-electron chi connectivity index (χ4n) is 10.6. The number of methoxy groups -OCH3 is 2. The number of carbonyl (C=O) groups is 5. The van der Waals surface area contributed by atoms with Crippen molar-refractivity contribution in [3.05, 3.63) is 95.6 Å². The van der Waals surface area contributed by atoms with Crippen molar-refractivity contribution in [3.8, 4) is 23.0 Å². The summed E-state index contributed by atoms with van der Waals surface area (Å²) < 4.78 is 93.9.